The number of benzene rings is 1. The van der Waals surface area contributed by atoms with E-state index >= 15 is 0 Å². The van der Waals surface area contributed by atoms with Gasteiger partial charge in [-0.15, -0.1) is 0 Å². The molecule has 0 spiro atoms. The number of hydrogen-bond donors (Lipinski definition) is 2. The Bertz CT molecular complexity index is 549. The monoisotopic (exact) mass is 263 g/mol. The molecule has 1 aromatic rings. The van der Waals surface area contributed by atoms with Crippen molar-refractivity contribution < 1.29 is 24.2 Å². The number of carboxylic acid groups (broad SMARTS) is 1. The summed E-state index contributed by atoms with van der Waals surface area (Å²) < 4.78 is 9.83. The zero-order valence-corrected chi connectivity index (χ0v) is 10.5. The molecule has 1 aliphatic heterocycles. The number of cyclic esters (lactones) is 1. The average Bonchev–Trinajstić information content (AvgIpc) is 2.67. The summed E-state index contributed by atoms with van der Waals surface area (Å²) in [5.74, 6) is -1.22. The summed E-state index contributed by atoms with van der Waals surface area (Å²) in [5, 5.41) is 11.8. The van der Waals surface area contributed by atoms with Crippen molar-refractivity contribution in [2.24, 2.45) is 0 Å². The molecule has 0 aromatic heterocycles. The first-order valence-electron chi connectivity index (χ1n) is 5.55. The number of carbonyl (C=O) groups excluding carboxylic acids is 1. The molecule has 0 unspecified atom stereocenters. The van der Waals surface area contributed by atoms with Crippen molar-refractivity contribution in [3.63, 3.8) is 0 Å². The normalized spacial score (nSPS) is 21.6. The van der Waals surface area contributed by atoms with Crippen LogP contribution in [0.25, 0.3) is 0 Å². The number of carbonyl (C=O) groups is 2. The molecular formula is C13H13NO5. The van der Waals surface area contributed by atoms with E-state index in [1.54, 1.807) is 31.4 Å². The number of methoxy groups -OCH3 is 1. The number of carboxylic acids is 1. The summed E-state index contributed by atoms with van der Waals surface area (Å²) >= 11 is 0. The molecule has 19 heavy (non-hydrogen) atoms. The molecular weight excluding hydrogens is 250 g/mol. The van der Waals surface area contributed by atoms with Gasteiger partial charge in [0.05, 0.1) is 7.11 Å². The van der Waals surface area contributed by atoms with Gasteiger partial charge in [0.25, 0.3) is 0 Å². The van der Waals surface area contributed by atoms with Crippen LogP contribution < -0.4 is 10.1 Å². The third-order valence-corrected chi connectivity index (χ3v) is 2.74. The zero-order chi connectivity index (χ0) is 14.0. The molecule has 0 amide bonds. The minimum absolute atomic E-state index is 0.107. The summed E-state index contributed by atoms with van der Waals surface area (Å²) in [6.07, 6.45) is 1.25. The van der Waals surface area contributed by atoms with Crippen LogP contribution in [0.1, 0.15) is 6.92 Å². The lowest BCUT2D eigenvalue weighted by Gasteiger charge is -2.13. The van der Waals surface area contributed by atoms with Crippen LogP contribution in [0.4, 0.5) is 5.69 Å². The van der Waals surface area contributed by atoms with Gasteiger partial charge >= 0.3 is 11.9 Å². The third-order valence-electron chi connectivity index (χ3n) is 2.74. The van der Waals surface area contributed by atoms with Crippen molar-refractivity contribution in [1.82, 2.24) is 0 Å². The lowest BCUT2D eigenvalue weighted by Crippen LogP contribution is -2.34. The highest BCUT2D eigenvalue weighted by molar-refractivity contribution is 5.99. The van der Waals surface area contributed by atoms with Gasteiger partial charge in [-0.25, -0.2) is 9.59 Å². The minimum atomic E-state index is -1.62. The first kappa shape index (κ1) is 12.9. The molecule has 2 rings (SSSR count). The Labute approximate surface area is 109 Å². The fraction of sp³-hybridized carbons (Fsp3) is 0.231. The number of nitrogens with one attached hydrogen (secondary N) is 1. The van der Waals surface area contributed by atoms with Crippen molar-refractivity contribution in [1.29, 1.82) is 0 Å². The average molecular weight is 263 g/mol. The molecule has 0 aliphatic carbocycles. The first-order valence-corrected chi connectivity index (χ1v) is 5.55. The summed E-state index contributed by atoms with van der Waals surface area (Å²) in [7, 11) is 1.55. The second-order valence-electron chi connectivity index (χ2n) is 4.21. The van der Waals surface area contributed by atoms with E-state index in [1.165, 1.54) is 13.0 Å². The highest BCUT2D eigenvalue weighted by Gasteiger charge is 2.42. The van der Waals surface area contributed by atoms with Crippen molar-refractivity contribution in [2.75, 3.05) is 12.4 Å². The van der Waals surface area contributed by atoms with Gasteiger partial charge in [0.2, 0.25) is 5.60 Å². The molecule has 0 bridgehead atoms. The van der Waals surface area contributed by atoms with Crippen LogP contribution in [0.5, 0.6) is 5.75 Å². The van der Waals surface area contributed by atoms with Crippen LogP contribution in [0, 0.1) is 0 Å². The van der Waals surface area contributed by atoms with Crippen LogP contribution >= 0.6 is 0 Å². The van der Waals surface area contributed by atoms with Crippen molar-refractivity contribution in [3.8, 4) is 5.75 Å². The minimum Gasteiger partial charge on any atom is -0.497 e. The summed E-state index contributed by atoms with van der Waals surface area (Å²) in [4.78, 5) is 22.6. The molecule has 6 nitrogen and oxygen atoms in total. The molecule has 1 heterocycles. The number of aliphatic carboxylic acids is 1. The molecule has 2 N–H and O–H groups in total. The quantitative estimate of drug-likeness (QED) is 0.798. The zero-order valence-electron chi connectivity index (χ0n) is 10.5. The molecule has 1 atom stereocenters. The van der Waals surface area contributed by atoms with E-state index in [4.69, 9.17) is 14.6 Å². The molecule has 0 radical (unpaired) electrons. The second-order valence-corrected chi connectivity index (χ2v) is 4.21. The van der Waals surface area contributed by atoms with Crippen LogP contribution in [0.3, 0.4) is 0 Å². The van der Waals surface area contributed by atoms with Crippen LogP contribution in [0.2, 0.25) is 0 Å². The molecule has 1 aliphatic rings. The van der Waals surface area contributed by atoms with Gasteiger partial charge in [-0.1, -0.05) is 0 Å². The first-order chi connectivity index (χ1) is 8.94. The molecule has 1 aromatic carbocycles. The van der Waals surface area contributed by atoms with Crippen LogP contribution in [0.15, 0.2) is 36.0 Å². The lowest BCUT2D eigenvalue weighted by molar-refractivity contribution is -0.165. The Hall–Kier alpha value is -2.50. The third kappa shape index (κ3) is 2.52. The van der Waals surface area contributed by atoms with Gasteiger partial charge in [0, 0.05) is 11.8 Å². The molecule has 0 saturated heterocycles. The Kier molecular flexibility index (Phi) is 3.16. The highest BCUT2D eigenvalue weighted by atomic mass is 16.6. The summed E-state index contributed by atoms with van der Waals surface area (Å²) in [6.45, 7) is 1.32. The van der Waals surface area contributed by atoms with E-state index in [0.717, 1.165) is 0 Å². The van der Waals surface area contributed by atoms with Crippen molar-refractivity contribution in [2.45, 2.75) is 12.5 Å². The maximum Gasteiger partial charge on any atom is 0.356 e. The number of rotatable bonds is 4. The highest BCUT2D eigenvalue weighted by Crippen LogP contribution is 2.26. The maximum atomic E-state index is 11.6. The predicted octanol–water partition coefficient (Wildman–Crippen LogP) is 1.39. The lowest BCUT2D eigenvalue weighted by atomic mass is 10.1. The van der Waals surface area contributed by atoms with Crippen LogP contribution in [-0.4, -0.2) is 29.8 Å². The molecule has 6 heteroatoms. The Balaban J connectivity index is 2.18. The van der Waals surface area contributed by atoms with Crippen LogP contribution in [-0.2, 0) is 14.3 Å². The van der Waals surface area contributed by atoms with Gasteiger partial charge < -0.3 is 19.9 Å². The van der Waals surface area contributed by atoms with Gasteiger partial charge in [0.15, 0.2) is 0 Å². The van der Waals surface area contributed by atoms with E-state index in [1.807, 2.05) is 0 Å². The Morgan fingerprint density at radius 2 is 2.00 bits per heavy atom. The number of anilines is 1. The van der Waals surface area contributed by atoms with E-state index in [9.17, 15) is 9.59 Å². The summed E-state index contributed by atoms with van der Waals surface area (Å²) in [6, 6.07) is 6.87. The predicted molar refractivity (Wildman–Crippen MR) is 66.8 cm³/mol. The van der Waals surface area contributed by atoms with E-state index in [-0.39, 0.29) is 5.70 Å². The molecule has 0 saturated carbocycles. The van der Waals surface area contributed by atoms with E-state index < -0.39 is 17.5 Å². The van der Waals surface area contributed by atoms with Gasteiger partial charge in [-0.2, -0.15) is 0 Å². The Morgan fingerprint density at radius 1 is 1.37 bits per heavy atom. The topological polar surface area (TPSA) is 84.9 Å². The van der Waals surface area contributed by atoms with Gasteiger partial charge in [-0.05, 0) is 31.2 Å². The summed E-state index contributed by atoms with van der Waals surface area (Å²) in [5.41, 5.74) is -0.875. The van der Waals surface area contributed by atoms with Gasteiger partial charge in [-0.3, -0.25) is 0 Å². The largest absolute Gasteiger partial charge is 0.497 e. The fourth-order valence-electron chi connectivity index (χ4n) is 1.63. The van der Waals surface area contributed by atoms with E-state index in [2.05, 4.69) is 5.32 Å². The van der Waals surface area contributed by atoms with Crippen molar-refractivity contribution >= 4 is 17.6 Å². The molecule has 100 valence electrons. The second kappa shape index (κ2) is 4.64. The SMILES string of the molecule is COc1ccc(NC2=C[C@](C)(C(=O)O)OC2=O)cc1. The smallest absolute Gasteiger partial charge is 0.356 e. The number of ether oxygens (including phenoxy) is 2. The van der Waals surface area contributed by atoms with E-state index in [0.29, 0.717) is 11.4 Å². The number of hydrogen-bond acceptors (Lipinski definition) is 5. The van der Waals surface area contributed by atoms with Crippen molar-refractivity contribution in [3.05, 3.63) is 36.0 Å². The molecule has 0 fully saturated rings. The standard InChI is InChI=1S/C13H13NO5/c1-13(12(16)17)7-10(11(15)19-13)14-8-3-5-9(18-2)6-4-8/h3-7,14H,1-2H3,(H,16,17)/t13-/m1/s1. The fourth-order valence-corrected chi connectivity index (χ4v) is 1.63. The Morgan fingerprint density at radius 3 is 2.47 bits per heavy atom. The van der Waals surface area contributed by atoms with Gasteiger partial charge in [0.1, 0.15) is 11.4 Å². The maximum absolute atomic E-state index is 11.6. The number of esters is 1.